The molecule has 2 aromatic heterocycles. The molecular formula is C9H11ClN6O. The third-order valence-corrected chi connectivity index (χ3v) is 2.25. The standard InChI is InChI=1S/C9H11ClN6O/c1-5-14-7(16-17-5)2-3-12-8-6(10)4-13-9(11)15-8/h4H,2-3H2,1H3,(H3,11,12,13,15). The lowest BCUT2D eigenvalue weighted by Crippen LogP contribution is -2.09. The molecule has 3 N–H and O–H groups in total. The highest BCUT2D eigenvalue weighted by Crippen LogP contribution is 2.17. The summed E-state index contributed by atoms with van der Waals surface area (Å²) in [6, 6.07) is 0. The molecule has 0 saturated carbocycles. The van der Waals surface area contributed by atoms with E-state index in [1.807, 2.05) is 0 Å². The Labute approximate surface area is 102 Å². The van der Waals surface area contributed by atoms with Gasteiger partial charge in [0.05, 0.1) is 6.20 Å². The van der Waals surface area contributed by atoms with E-state index in [1.165, 1.54) is 6.20 Å². The van der Waals surface area contributed by atoms with Crippen LogP contribution < -0.4 is 11.1 Å². The number of nitrogens with one attached hydrogen (secondary N) is 1. The van der Waals surface area contributed by atoms with Gasteiger partial charge >= 0.3 is 0 Å². The first-order valence-corrected chi connectivity index (χ1v) is 5.34. The molecule has 0 spiro atoms. The normalized spacial score (nSPS) is 10.5. The lowest BCUT2D eigenvalue weighted by Gasteiger charge is -2.05. The smallest absolute Gasteiger partial charge is 0.223 e. The predicted octanol–water partition coefficient (Wildman–Crippen LogP) is 1.06. The monoisotopic (exact) mass is 254 g/mol. The summed E-state index contributed by atoms with van der Waals surface area (Å²) in [6.07, 6.45) is 2.06. The maximum atomic E-state index is 5.89. The number of rotatable bonds is 4. The van der Waals surface area contributed by atoms with E-state index < -0.39 is 0 Å². The lowest BCUT2D eigenvalue weighted by molar-refractivity contribution is 0.387. The van der Waals surface area contributed by atoms with Crippen molar-refractivity contribution in [3.8, 4) is 0 Å². The zero-order valence-corrected chi connectivity index (χ0v) is 9.90. The minimum Gasteiger partial charge on any atom is -0.368 e. The first kappa shape index (κ1) is 11.6. The fourth-order valence-electron chi connectivity index (χ4n) is 1.24. The first-order chi connectivity index (χ1) is 8.15. The summed E-state index contributed by atoms with van der Waals surface area (Å²) in [7, 11) is 0. The molecule has 90 valence electrons. The van der Waals surface area contributed by atoms with Gasteiger partial charge in [0.15, 0.2) is 5.82 Å². The van der Waals surface area contributed by atoms with Crippen LogP contribution in [0.15, 0.2) is 10.7 Å². The van der Waals surface area contributed by atoms with Crippen molar-refractivity contribution in [2.75, 3.05) is 17.6 Å². The van der Waals surface area contributed by atoms with E-state index >= 15 is 0 Å². The summed E-state index contributed by atoms with van der Waals surface area (Å²) in [5.74, 6) is 1.85. The van der Waals surface area contributed by atoms with Gasteiger partial charge in [0.25, 0.3) is 0 Å². The summed E-state index contributed by atoms with van der Waals surface area (Å²) in [5, 5.41) is 7.22. The van der Waals surface area contributed by atoms with Crippen molar-refractivity contribution in [2.45, 2.75) is 13.3 Å². The van der Waals surface area contributed by atoms with Crippen molar-refractivity contribution in [3.63, 3.8) is 0 Å². The Balaban J connectivity index is 1.91. The lowest BCUT2D eigenvalue weighted by atomic mass is 10.4. The van der Waals surface area contributed by atoms with Crippen LogP contribution in [-0.2, 0) is 6.42 Å². The number of anilines is 2. The summed E-state index contributed by atoms with van der Waals surface area (Å²) in [5.41, 5.74) is 5.45. The molecule has 0 bridgehead atoms. The second-order valence-electron chi connectivity index (χ2n) is 3.33. The molecule has 7 nitrogen and oxygen atoms in total. The van der Waals surface area contributed by atoms with E-state index in [0.717, 1.165) is 0 Å². The second kappa shape index (κ2) is 4.96. The van der Waals surface area contributed by atoms with Crippen molar-refractivity contribution < 1.29 is 4.52 Å². The van der Waals surface area contributed by atoms with Crippen LogP contribution in [0.3, 0.4) is 0 Å². The largest absolute Gasteiger partial charge is 0.368 e. The Hall–Kier alpha value is -1.89. The third-order valence-electron chi connectivity index (χ3n) is 1.97. The highest BCUT2D eigenvalue weighted by molar-refractivity contribution is 6.32. The Morgan fingerprint density at radius 3 is 3.00 bits per heavy atom. The summed E-state index contributed by atoms with van der Waals surface area (Å²) in [4.78, 5) is 11.8. The van der Waals surface area contributed by atoms with Crippen LogP contribution in [0.25, 0.3) is 0 Å². The summed E-state index contributed by atoms with van der Waals surface area (Å²) < 4.78 is 4.85. The number of hydrogen-bond acceptors (Lipinski definition) is 7. The molecule has 2 heterocycles. The SMILES string of the molecule is Cc1nc(CCNc2nc(N)ncc2Cl)no1. The molecule has 8 heteroatoms. The molecule has 2 aromatic rings. The van der Waals surface area contributed by atoms with E-state index in [9.17, 15) is 0 Å². The number of nitrogens with two attached hydrogens (primary N) is 1. The summed E-state index contributed by atoms with van der Waals surface area (Å²) in [6.45, 7) is 2.32. The highest BCUT2D eigenvalue weighted by Gasteiger charge is 2.05. The van der Waals surface area contributed by atoms with Crippen molar-refractivity contribution in [1.82, 2.24) is 20.1 Å². The minimum atomic E-state index is 0.173. The van der Waals surface area contributed by atoms with Gasteiger partial charge < -0.3 is 15.6 Å². The number of hydrogen-bond donors (Lipinski definition) is 2. The molecular weight excluding hydrogens is 244 g/mol. The van der Waals surface area contributed by atoms with E-state index in [1.54, 1.807) is 6.92 Å². The molecule has 0 aromatic carbocycles. The Morgan fingerprint density at radius 1 is 1.47 bits per heavy atom. The molecule has 0 unspecified atom stereocenters. The van der Waals surface area contributed by atoms with Crippen LogP contribution in [0.5, 0.6) is 0 Å². The molecule has 0 aliphatic rings. The third kappa shape index (κ3) is 3.04. The fraction of sp³-hybridized carbons (Fsp3) is 0.333. The van der Waals surface area contributed by atoms with Gasteiger partial charge in [0.2, 0.25) is 11.8 Å². The average Bonchev–Trinajstić information content (AvgIpc) is 2.69. The van der Waals surface area contributed by atoms with Gasteiger partial charge in [-0.05, 0) is 0 Å². The van der Waals surface area contributed by atoms with Gasteiger partial charge in [-0.1, -0.05) is 16.8 Å². The van der Waals surface area contributed by atoms with Crippen LogP contribution in [0, 0.1) is 6.92 Å². The number of halogens is 1. The number of nitrogen functional groups attached to an aromatic ring is 1. The van der Waals surface area contributed by atoms with Gasteiger partial charge in [0, 0.05) is 19.9 Å². The second-order valence-corrected chi connectivity index (χ2v) is 3.74. The van der Waals surface area contributed by atoms with Crippen molar-refractivity contribution >= 4 is 23.4 Å². The Bertz CT molecular complexity index is 514. The van der Waals surface area contributed by atoms with Gasteiger partial charge in [-0.3, -0.25) is 0 Å². The van der Waals surface area contributed by atoms with Gasteiger partial charge in [-0.25, -0.2) is 4.98 Å². The van der Waals surface area contributed by atoms with E-state index in [0.29, 0.717) is 35.5 Å². The van der Waals surface area contributed by atoms with E-state index in [2.05, 4.69) is 25.4 Å². The fourth-order valence-corrected chi connectivity index (χ4v) is 1.40. The van der Waals surface area contributed by atoms with Crippen molar-refractivity contribution in [3.05, 3.63) is 22.9 Å². The van der Waals surface area contributed by atoms with Gasteiger partial charge in [-0.2, -0.15) is 9.97 Å². The maximum absolute atomic E-state index is 5.89. The highest BCUT2D eigenvalue weighted by atomic mass is 35.5. The molecule has 0 fully saturated rings. The molecule has 0 aliphatic heterocycles. The number of aryl methyl sites for hydroxylation is 1. The van der Waals surface area contributed by atoms with Crippen molar-refractivity contribution in [2.24, 2.45) is 0 Å². The van der Waals surface area contributed by atoms with Crippen LogP contribution in [0.2, 0.25) is 5.02 Å². The van der Waals surface area contributed by atoms with E-state index in [4.69, 9.17) is 21.9 Å². The van der Waals surface area contributed by atoms with Gasteiger partial charge in [-0.15, -0.1) is 0 Å². The van der Waals surface area contributed by atoms with Crippen molar-refractivity contribution in [1.29, 1.82) is 0 Å². The van der Waals surface area contributed by atoms with Crippen LogP contribution in [-0.4, -0.2) is 26.7 Å². The average molecular weight is 255 g/mol. The Morgan fingerprint density at radius 2 is 2.29 bits per heavy atom. The zero-order valence-electron chi connectivity index (χ0n) is 9.14. The quantitative estimate of drug-likeness (QED) is 0.841. The van der Waals surface area contributed by atoms with E-state index in [-0.39, 0.29) is 5.95 Å². The molecule has 17 heavy (non-hydrogen) atoms. The molecule has 0 amide bonds. The maximum Gasteiger partial charge on any atom is 0.223 e. The Kier molecular flexibility index (Phi) is 3.38. The predicted molar refractivity (Wildman–Crippen MR) is 62.7 cm³/mol. The van der Waals surface area contributed by atoms with Crippen LogP contribution >= 0.6 is 11.6 Å². The number of nitrogens with zero attached hydrogens (tertiary/aromatic N) is 4. The zero-order chi connectivity index (χ0) is 12.3. The summed E-state index contributed by atoms with van der Waals surface area (Å²) >= 11 is 5.89. The topological polar surface area (TPSA) is 103 Å². The minimum absolute atomic E-state index is 0.173. The molecule has 0 atom stereocenters. The molecule has 2 rings (SSSR count). The van der Waals surface area contributed by atoms with Crippen LogP contribution in [0.1, 0.15) is 11.7 Å². The molecule has 0 radical (unpaired) electrons. The van der Waals surface area contributed by atoms with Gasteiger partial charge in [0.1, 0.15) is 10.8 Å². The first-order valence-electron chi connectivity index (χ1n) is 4.96. The molecule has 0 saturated heterocycles. The van der Waals surface area contributed by atoms with Crippen LogP contribution in [0.4, 0.5) is 11.8 Å². The molecule has 0 aliphatic carbocycles. The number of aromatic nitrogens is 4.